The molecule has 0 atom stereocenters. The smallest absolute Gasteiger partial charge is 0.255 e. The number of rotatable bonds is 3. The molecule has 0 aliphatic carbocycles. The van der Waals surface area contributed by atoms with E-state index >= 15 is 0 Å². The lowest BCUT2D eigenvalue weighted by Gasteiger charge is -2.04. The van der Waals surface area contributed by atoms with Crippen LogP contribution in [0.25, 0.3) is 0 Å². The Balaban J connectivity index is 2.97. The molecule has 0 amide bonds. The molecule has 5 heteroatoms. The van der Waals surface area contributed by atoms with Crippen molar-refractivity contribution in [2.24, 2.45) is 0 Å². The molecule has 0 saturated heterocycles. The van der Waals surface area contributed by atoms with Crippen LogP contribution >= 0.6 is 12.2 Å². The molecule has 0 fully saturated rings. The minimum Gasteiger partial charge on any atom is -0.339 e. The summed E-state index contributed by atoms with van der Waals surface area (Å²) in [6, 6.07) is 1.45. The molecule has 0 spiro atoms. The van der Waals surface area contributed by atoms with Gasteiger partial charge in [0, 0.05) is 12.3 Å². The molecule has 2 N–H and O–H groups in total. The van der Waals surface area contributed by atoms with Gasteiger partial charge < -0.3 is 4.98 Å². The summed E-state index contributed by atoms with van der Waals surface area (Å²) in [6.07, 6.45) is 1.55. The van der Waals surface area contributed by atoms with Crippen LogP contribution in [-0.4, -0.2) is 16.1 Å². The zero-order valence-electron chi connectivity index (χ0n) is 6.83. The van der Waals surface area contributed by atoms with E-state index in [0.717, 1.165) is 6.54 Å². The van der Waals surface area contributed by atoms with Gasteiger partial charge in [0.05, 0.1) is 6.67 Å². The molecule has 0 aliphatic rings. The lowest BCUT2D eigenvalue weighted by atomic mass is 10.6. The molecule has 1 heterocycles. The van der Waals surface area contributed by atoms with Crippen molar-refractivity contribution >= 4 is 12.2 Å². The minimum atomic E-state index is -0.0836. The fraction of sp³-hybridized carbons (Fsp3) is 0.429. The monoisotopic (exact) mass is 185 g/mol. The second kappa shape index (κ2) is 4.18. The standard InChI is InChI=1S/C7H11N3OS/c1-2-8-5-10-6(11)3-4-9-7(10)12/h3-4,8H,2,5H2,1H3,(H,9,12). The van der Waals surface area contributed by atoms with Gasteiger partial charge in [-0.25, -0.2) is 0 Å². The third-order valence-electron chi connectivity index (χ3n) is 1.46. The molecule has 4 nitrogen and oxygen atoms in total. The predicted molar refractivity (Wildman–Crippen MR) is 49.6 cm³/mol. The van der Waals surface area contributed by atoms with Gasteiger partial charge in [0.1, 0.15) is 0 Å². The van der Waals surface area contributed by atoms with Crippen molar-refractivity contribution in [3.05, 3.63) is 27.4 Å². The van der Waals surface area contributed by atoms with Crippen LogP contribution in [0.5, 0.6) is 0 Å². The highest BCUT2D eigenvalue weighted by Gasteiger charge is 1.93. The van der Waals surface area contributed by atoms with Gasteiger partial charge in [-0.2, -0.15) is 0 Å². The first-order valence-corrected chi connectivity index (χ1v) is 4.15. The van der Waals surface area contributed by atoms with Crippen molar-refractivity contribution in [1.29, 1.82) is 0 Å². The van der Waals surface area contributed by atoms with Gasteiger partial charge in [0.2, 0.25) is 0 Å². The minimum absolute atomic E-state index is 0.0836. The zero-order chi connectivity index (χ0) is 8.97. The molecule has 12 heavy (non-hydrogen) atoms. The van der Waals surface area contributed by atoms with Crippen LogP contribution in [0.1, 0.15) is 6.92 Å². The summed E-state index contributed by atoms with van der Waals surface area (Å²) >= 11 is 4.92. The first kappa shape index (κ1) is 9.15. The van der Waals surface area contributed by atoms with Gasteiger partial charge in [0.15, 0.2) is 4.77 Å². The van der Waals surface area contributed by atoms with E-state index in [1.165, 1.54) is 10.6 Å². The Labute approximate surface area is 75.2 Å². The SMILES string of the molecule is CCNCn1c(=O)cc[nH]c1=S. The van der Waals surface area contributed by atoms with Crippen molar-refractivity contribution in [3.63, 3.8) is 0 Å². The van der Waals surface area contributed by atoms with Crippen molar-refractivity contribution in [1.82, 2.24) is 14.9 Å². The Morgan fingerprint density at radius 3 is 3.08 bits per heavy atom. The maximum atomic E-state index is 11.2. The summed E-state index contributed by atoms with van der Waals surface area (Å²) in [7, 11) is 0. The molecule has 1 aromatic rings. The number of nitrogens with one attached hydrogen (secondary N) is 2. The van der Waals surface area contributed by atoms with Gasteiger partial charge in [0.25, 0.3) is 5.56 Å². The van der Waals surface area contributed by atoms with E-state index in [4.69, 9.17) is 12.2 Å². The van der Waals surface area contributed by atoms with Crippen molar-refractivity contribution < 1.29 is 0 Å². The van der Waals surface area contributed by atoms with E-state index in [-0.39, 0.29) is 5.56 Å². The molecule has 1 aromatic heterocycles. The molecule has 0 bridgehead atoms. The van der Waals surface area contributed by atoms with Gasteiger partial charge >= 0.3 is 0 Å². The summed E-state index contributed by atoms with van der Waals surface area (Å²) in [5, 5.41) is 3.02. The summed E-state index contributed by atoms with van der Waals surface area (Å²) in [4.78, 5) is 14.0. The fourth-order valence-electron chi connectivity index (χ4n) is 0.826. The lowest BCUT2D eigenvalue weighted by Crippen LogP contribution is -2.28. The highest BCUT2D eigenvalue weighted by atomic mass is 32.1. The fourth-order valence-corrected chi connectivity index (χ4v) is 1.05. The van der Waals surface area contributed by atoms with Crippen LogP contribution in [0.2, 0.25) is 0 Å². The summed E-state index contributed by atoms with van der Waals surface area (Å²) in [5.74, 6) is 0. The number of hydrogen-bond donors (Lipinski definition) is 2. The van der Waals surface area contributed by atoms with Crippen molar-refractivity contribution in [2.75, 3.05) is 6.54 Å². The molecule has 0 aliphatic heterocycles. The van der Waals surface area contributed by atoms with Gasteiger partial charge in [-0.3, -0.25) is 14.7 Å². The maximum absolute atomic E-state index is 11.2. The summed E-state index contributed by atoms with van der Waals surface area (Å²) in [6.45, 7) is 3.25. The van der Waals surface area contributed by atoms with Gasteiger partial charge in [-0.1, -0.05) is 6.92 Å². The summed E-state index contributed by atoms with van der Waals surface area (Å²) in [5.41, 5.74) is -0.0836. The third-order valence-corrected chi connectivity index (χ3v) is 1.80. The van der Waals surface area contributed by atoms with E-state index in [2.05, 4.69) is 10.3 Å². The Bertz CT molecular complexity index is 326. The highest BCUT2D eigenvalue weighted by molar-refractivity contribution is 7.71. The summed E-state index contributed by atoms with van der Waals surface area (Å²) < 4.78 is 1.92. The topological polar surface area (TPSA) is 49.8 Å². The van der Waals surface area contributed by atoms with Crippen molar-refractivity contribution in [2.45, 2.75) is 13.6 Å². The number of nitrogens with zero attached hydrogens (tertiary/aromatic N) is 1. The molecule has 0 radical (unpaired) electrons. The Hall–Kier alpha value is -0.940. The molecular formula is C7H11N3OS. The first-order valence-electron chi connectivity index (χ1n) is 3.75. The molecule has 1 rings (SSSR count). The molecular weight excluding hydrogens is 174 g/mol. The van der Waals surface area contributed by atoms with Crippen LogP contribution in [0.3, 0.4) is 0 Å². The maximum Gasteiger partial charge on any atom is 0.255 e. The zero-order valence-corrected chi connectivity index (χ0v) is 7.65. The number of H-pyrrole nitrogens is 1. The number of aromatic amines is 1. The van der Waals surface area contributed by atoms with E-state index in [9.17, 15) is 4.79 Å². The molecule has 66 valence electrons. The van der Waals surface area contributed by atoms with Crippen LogP contribution in [0, 0.1) is 4.77 Å². The van der Waals surface area contributed by atoms with Gasteiger partial charge in [-0.05, 0) is 18.8 Å². The van der Waals surface area contributed by atoms with Crippen LogP contribution < -0.4 is 10.9 Å². The van der Waals surface area contributed by atoms with E-state index in [1.54, 1.807) is 6.20 Å². The number of hydrogen-bond acceptors (Lipinski definition) is 3. The van der Waals surface area contributed by atoms with E-state index in [0.29, 0.717) is 11.4 Å². The normalized spacial score (nSPS) is 10.1. The first-order chi connectivity index (χ1) is 5.75. The van der Waals surface area contributed by atoms with E-state index in [1.807, 2.05) is 6.92 Å². The second-order valence-corrected chi connectivity index (χ2v) is 2.70. The Morgan fingerprint density at radius 1 is 1.75 bits per heavy atom. The molecule has 0 unspecified atom stereocenters. The quantitative estimate of drug-likeness (QED) is 0.673. The third kappa shape index (κ3) is 2.02. The number of aromatic nitrogens is 2. The van der Waals surface area contributed by atoms with Crippen LogP contribution in [0.4, 0.5) is 0 Å². The van der Waals surface area contributed by atoms with E-state index < -0.39 is 0 Å². The lowest BCUT2D eigenvalue weighted by molar-refractivity contribution is 0.546. The largest absolute Gasteiger partial charge is 0.339 e. The average molecular weight is 185 g/mol. The Kier molecular flexibility index (Phi) is 3.19. The Morgan fingerprint density at radius 2 is 2.50 bits per heavy atom. The van der Waals surface area contributed by atoms with Crippen LogP contribution in [0.15, 0.2) is 17.1 Å². The second-order valence-electron chi connectivity index (χ2n) is 2.31. The highest BCUT2D eigenvalue weighted by Crippen LogP contribution is 1.80. The molecule has 0 saturated carbocycles. The predicted octanol–water partition coefficient (Wildman–Crippen LogP) is 0.473. The van der Waals surface area contributed by atoms with Crippen LogP contribution in [-0.2, 0) is 6.67 Å². The van der Waals surface area contributed by atoms with Crippen molar-refractivity contribution in [3.8, 4) is 0 Å². The molecule has 0 aromatic carbocycles. The average Bonchev–Trinajstić information content (AvgIpc) is 2.04. The van der Waals surface area contributed by atoms with Gasteiger partial charge in [-0.15, -0.1) is 0 Å².